The lowest BCUT2D eigenvalue weighted by Crippen LogP contribution is -2.41. The Morgan fingerprint density at radius 2 is 1.90 bits per heavy atom. The van der Waals surface area contributed by atoms with E-state index < -0.39 is 40.1 Å². The molecule has 31 heavy (non-hydrogen) atoms. The average molecular weight is 462 g/mol. The van der Waals surface area contributed by atoms with Gasteiger partial charge in [0.25, 0.3) is 0 Å². The second kappa shape index (κ2) is 10.4. The van der Waals surface area contributed by atoms with E-state index >= 15 is 0 Å². The van der Waals surface area contributed by atoms with Gasteiger partial charge in [-0.25, -0.2) is 13.2 Å². The van der Waals surface area contributed by atoms with Gasteiger partial charge < -0.3 is 29.4 Å². The molecule has 0 spiro atoms. The zero-order chi connectivity index (χ0) is 23.2. The normalized spacial score (nSPS) is 18.6. The van der Waals surface area contributed by atoms with Crippen molar-refractivity contribution in [1.29, 1.82) is 0 Å². The van der Waals surface area contributed by atoms with Crippen LogP contribution in [0.15, 0.2) is 29.2 Å². The molecule has 1 aromatic rings. The fourth-order valence-corrected chi connectivity index (χ4v) is 3.39. The summed E-state index contributed by atoms with van der Waals surface area (Å²) in [5, 5.41) is 0. The summed E-state index contributed by atoms with van der Waals surface area (Å²) in [6.45, 7) is 5.72. The average Bonchev–Trinajstić information content (AvgIpc) is 2.66. The molecule has 1 heterocycles. The first-order chi connectivity index (χ1) is 14.4. The van der Waals surface area contributed by atoms with Gasteiger partial charge in [0.15, 0.2) is 15.6 Å². The van der Waals surface area contributed by atoms with Crippen molar-refractivity contribution < 1.29 is 43.1 Å². The first-order valence-electron chi connectivity index (χ1n) is 9.72. The van der Waals surface area contributed by atoms with Gasteiger partial charge in [-0.15, -0.1) is 0 Å². The third-order valence-corrected chi connectivity index (χ3v) is 5.51. The molecule has 1 unspecified atom stereocenters. The van der Waals surface area contributed by atoms with Crippen LogP contribution in [0.2, 0.25) is 0 Å². The Hall–Kier alpha value is -2.21. The molecule has 1 aliphatic rings. The number of rotatable bonds is 8. The van der Waals surface area contributed by atoms with Crippen molar-refractivity contribution in [2.75, 3.05) is 26.1 Å². The predicted octanol–water partition coefficient (Wildman–Crippen LogP) is 1.65. The zero-order valence-corrected chi connectivity index (χ0v) is 18.8. The smallest absolute Gasteiger partial charge is 0.434 e. The summed E-state index contributed by atoms with van der Waals surface area (Å²) in [6.07, 6.45) is -1.07. The number of hydrogen-bond acceptors (Lipinski definition) is 10. The Kier molecular flexibility index (Phi) is 8.41. The molecule has 0 bridgehead atoms. The van der Waals surface area contributed by atoms with Crippen LogP contribution >= 0.6 is 0 Å². The Labute approximate surface area is 183 Å². The number of nitrogens with two attached hydrogens (primary N) is 1. The zero-order valence-electron chi connectivity index (χ0n) is 18.0. The minimum atomic E-state index is -3.38. The first kappa shape index (κ1) is 25.1. The van der Waals surface area contributed by atoms with E-state index in [1.54, 1.807) is 26.0 Å². The summed E-state index contributed by atoms with van der Waals surface area (Å²) >= 11 is 0. The Balaban J connectivity index is 0.00000512. The molecule has 1 fully saturated rings. The molecule has 10 nitrogen and oxygen atoms in total. The Bertz CT molecular complexity index is 881. The van der Waals surface area contributed by atoms with Gasteiger partial charge >= 0.3 is 12.1 Å². The van der Waals surface area contributed by atoms with Crippen LogP contribution in [-0.2, 0) is 44.7 Å². The number of ether oxygens (including phenoxy) is 5. The Morgan fingerprint density at radius 3 is 2.52 bits per heavy atom. The third kappa shape index (κ3) is 8.44. The van der Waals surface area contributed by atoms with Gasteiger partial charge in [-0.05, 0) is 38.0 Å². The Morgan fingerprint density at radius 1 is 1.26 bits per heavy atom. The highest BCUT2D eigenvalue weighted by Gasteiger charge is 2.29. The van der Waals surface area contributed by atoms with E-state index in [4.69, 9.17) is 29.4 Å². The van der Waals surface area contributed by atoms with Crippen molar-refractivity contribution in [3.8, 4) is 0 Å². The van der Waals surface area contributed by atoms with Crippen molar-refractivity contribution in [3.05, 3.63) is 29.8 Å². The van der Waals surface area contributed by atoms with Crippen LogP contribution in [0.1, 0.15) is 27.8 Å². The lowest BCUT2D eigenvalue weighted by atomic mass is 10.1. The predicted molar refractivity (Wildman–Crippen MR) is 111 cm³/mol. The van der Waals surface area contributed by atoms with Gasteiger partial charge in [0, 0.05) is 20.5 Å². The van der Waals surface area contributed by atoms with Crippen molar-refractivity contribution in [2.45, 2.75) is 50.2 Å². The second-order valence-corrected chi connectivity index (χ2v) is 9.82. The number of esters is 1. The van der Waals surface area contributed by atoms with Crippen LogP contribution in [0, 0.1) is 5.92 Å². The van der Waals surface area contributed by atoms with Gasteiger partial charge in [0.2, 0.25) is 6.29 Å². The molecule has 0 saturated carbocycles. The molecule has 11 heteroatoms. The number of carbonyl (C=O) groups is 2. The molecular weight excluding hydrogens is 430 g/mol. The highest BCUT2D eigenvalue weighted by molar-refractivity contribution is 7.90. The topological polar surface area (TPSA) is 140 Å². The van der Waals surface area contributed by atoms with Crippen LogP contribution in [0.3, 0.4) is 0 Å². The molecule has 0 aromatic heterocycles. The quantitative estimate of drug-likeness (QED) is 0.449. The van der Waals surface area contributed by atoms with E-state index in [0.717, 1.165) is 6.26 Å². The van der Waals surface area contributed by atoms with Gasteiger partial charge in [0.05, 0.1) is 18.1 Å². The fraction of sp³-hybridized carbons (Fsp3) is 0.600. The summed E-state index contributed by atoms with van der Waals surface area (Å²) in [7, 11) is -3.38. The molecule has 1 saturated heterocycles. The SMILES string of the molecule is CC(OC(=O)OCC1COC(C)(C)OC1)OC(=O)[C@@H](N)Cc1cccc(S(C)(=O)=O)c1.[HH]. The van der Waals surface area contributed by atoms with Gasteiger partial charge in [-0.3, -0.25) is 4.79 Å². The standard InChI is InChI=1S/C20H29NO9S.H2/c1-13(30-19(23)26-10-15-11-27-20(2,3)28-12-15)29-18(22)17(21)9-14-6-5-7-16(8-14)31(4,24)25;/h5-8,13,15,17H,9-12,21H2,1-4H3;1H/t13?,17-;/m0./s1. The van der Waals surface area contributed by atoms with Crippen LogP contribution in [-0.4, -0.2) is 64.7 Å². The summed E-state index contributed by atoms with van der Waals surface area (Å²) in [6, 6.07) is 5.04. The van der Waals surface area contributed by atoms with Gasteiger partial charge in [-0.2, -0.15) is 0 Å². The summed E-state index contributed by atoms with van der Waals surface area (Å²) in [4.78, 5) is 24.1. The molecule has 1 aliphatic heterocycles. The van der Waals surface area contributed by atoms with Crippen molar-refractivity contribution in [2.24, 2.45) is 11.7 Å². The maximum Gasteiger partial charge on any atom is 0.511 e. The molecule has 0 aliphatic carbocycles. The van der Waals surface area contributed by atoms with E-state index in [1.807, 2.05) is 0 Å². The van der Waals surface area contributed by atoms with Crippen LogP contribution in [0.25, 0.3) is 0 Å². The largest absolute Gasteiger partial charge is 0.511 e. The van der Waals surface area contributed by atoms with Gasteiger partial charge in [0.1, 0.15) is 12.6 Å². The van der Waals surface area contributed by atoms with E-state index in [1.165, 1.54) is 19.1 Å². The van der Waals surface area contributed by atoms with Crippen LogP contribution in [0.4, 0.5) is 4.79 Å². The number of sulfone groups is 1. The maximum atomic E-state index is 12.2. The summed E-state index contributed by atoms with van der Waals surface area (Å²) in [5.74, 6) is -1.60. The van der Waals surface area contributed by atoms with Gasteiger partial charge in [-0.1, -0.05) is 12.1 Å². The molecule has 2 rings (SSSR count). The van der Waals surface area contributed by atoms with Crippen molar-refractivity contribution in [3.63, 3.8) is 0 Å². The molecule has 0 amide bonds. The molecule has 176 valence electrons. The highest BCUT2D eigenvalue weighted by Crippen LogP contribution is 2.20. The molecule has 0 radical (unpaired) electrons. The minimum Gasteiger partial charge on any atom is -0.434 e. The molecule has 1 aromatic carbocycles. The lowest BCUT2D eigenvalue weighted by molar-refractivity contribution is -0.265. The molecular formula is C20H31NO9S. The van der Waals surface area contributed by atoms with Crippen LogP contribution in [0.5, 0.6) is 0 Å². The minimum absolute atomic E-state index is 0. The number of benzene rings is 1. The van der Waals surface area contributed by atoms with E-state index in [9.17, 15) is 18.0 Å². The van der Waals surface area contributed by atoms with Crippen molar-refractivity contribution >= 4 is 22.0 Å². The van der Waals surface area contributed by atoms with Crippen LogP contribution < -0.4 is 5.73 Å². The van der Waals surface area contributed by atoms with Crippen molar-refractivity contribution in [1.82, 2.24) is 0 Å². The first-order valence-corrected chi connectivity index (χ1v) is 11.6. The summed E-state index contributed by atoms with van der Waals surface area (Å²) in [5.41, 5.74) is 6.40. The lowest BCUT2D eigenvalue weighted by Gasteiger charge is -2.34. The fourth-order valence-electron chi connectivity index (χ4n) is 2.69. The number of carbonyl (C=O) groups excluding carboxylic acids is 2. The highest BCUT2D eigenvalue weighted by atomic mass is 32.2. The van der Waals surface area contributed by atoms with E-state index in [0.29, 0.717) is 18.8 Å². The van der Waals surface area contributed by atoms with E-state index in [2.05, 4.69) is 0 Å². The molecule has 2 atom stereocenters. The monoisotopic (exact) mass is 461 g/mol. The number of hydrogen-bond donors (Lipinski definition) is 1. The molecule has 2 N–H and O–H groups in total. The summed E-state index contributed by atoms with van der Waals surface area (Å²) < 4.78 is 49.1. The van der Waals surface area contributed by atoms with E-state index in [-0.39, 0.29) is 25.3 Å². The second-order valence-electron chi connectivity index (χ2n) is 7.80. The third-order valence-electron chi connectivity index (χ3n) is 4.40. The maximum absolute atomic E-state index is 12.2.